The van der Waals surface area contributed by atoms with Crippen LogP contribution in [0.1, 0.15) is 0 Å². The first-order valence-corrected chi connectivity index (χ1v) is 12.0. The maximum atomic E-state index is 6.31. The number of hydrogen-bond donors (Lipinski definition) is 3. The number of aliphatic imine (C=N–C) groups is 1. The fourth-order valence-electron chi connectivity index (χ4n) is 3.38. The highest BCUT2D eigenvalue weighted by molar-refractivity contribution is 7.14. The van der Waals surface area contributed by atoms with Crippen molar-refractivity contribution in [2.45, 2.75) is 0 Å². The van der Waals surface area contributed by atoms with E-state index in [1.165, 1.54) is 11.3 Å². The molecule has 0 fully saturated rings. The normalized spacial score (nSPS) is 11.3. The minimum atomic E-state index is 0.192. The predicted molar refractivity (Wildman–Crippen MR) is 145 cm³/mol. The highest BCUT2D eigenvalue weighted by Gasteiger charge is 2.10. The lowest BCUT2D eigenvalue weighted by atomic mass is 10.1. The van der Waals surface area contributed by atoms with E-state index in [0.717, 1.165) is 39.0 Å². The first kappa shape index (κ1) is 22.5. The zero-order chi connectivity index (χ0) is 24.0. The van der Waals surface area contributed by atoms with Gasteiger partial charge in [-0.3, -0.25) is 0 Å². The summed E-state index contributed by atoms with van der Waals surface area (Å²) in [6.07, 6.45) is 0. The van der Waals surface area contributed by atoms with Crippen LogP contribution in [0.25, 0.3) is 22.5 Å². The van der Waals surface area contributed by atoms with Crippen LogP contribution in [0, 0.1) is 0 Å². The number of halogens is 1. The lowest BCUT2D eigenvalue weighted by molar-refractivity contribution is 1.03. The number of anilines is 3. The maximum Gasteiger partial charge on any atom is 0.199 e. The van der Waals surface area contributed by atoms with Crippen molar-refractivity contribution in [3.63, 3.8) is 0 Å². The Morgan fingerprint density at radius 2 is 1.54 bits per heavy atom. The second-order valence-electron chi connectivity index (χ2n) is 7.45. The summed E-state index contributed by atoms with van der Waals surface area (Å²) >= 11 is 7.80. The summed E-state index contributed by atoms with van der Waals surface area (Å²) in [7, 11) is 0. The van der Waals surface area contributed by atoms with E-state index < -0.39 is 0 Å². The molecule has 0 aliphatic carbocycles. The van der Waals surface area contributed by atoms with Crippen molar-refractivity contribution >= 4 is 51.2 Å². The molecular formula is C26H20ClN7S. The summed E-state index contributed by atoms with van der Waals surface area (Å²) in [6.45, 7) is 0. The van der Waals surface area contributed by atoms with Crippen LogP contribution >= 0.6 is 22.9 Å². The van der Waals surface area contributed by atoms with Gasteiger partial charge in [-0.25, -0.2) is 4.98 Å². The molecular weight excluding hydrogens is 478 g/mol. The Balaban J connectivity index is 1.31. The van der Waals surface area contributed by atoms with Crippen LogP contribution in [-0.2, 0) is 0 Å². The second-order valence-corrected chi connectivity index (χ2v) is 8.72. The zero-order valence-electron chi connectivity index (χ0n) is 18.4. The minimum Gasteiger partial charge on any atom is -0.369 e. The van der Waals surface area contributed by atoms with Crippen LogP contribution in [0.5, 0.6) is 0 Å². The quantitative estimate of drug-likeness (QED) is 0.178. The smallest absolute Gasteiger partial charge is 0.199 e. The van der Waals surface area contributed by atoms with E-state index in [2.05, 4.69) is 30.8 Å². The zero-order valence-corrected chi connectivity index (χ0v) is 20.0. The molecule has 35 heavy (non-hydrogen) atoms. The Bertz CT molecular complexity index is 1470. The van der Waals surface area contributed by atoms with Gasteiger partial charge < -0.3 is 16.4 Å². The van der Waals surface area contributed by atoms with E-state index in [0.29, 0.717) is 10.8 Å². The number of hydrogen-bond acceptors (Lipinski definition) is 6. The molecule has 5 rings (SSSR count). The lowest BCUT2D eigenvalue weighted by Gasteiger charge is -2.11. The molecule has 2 aromatic heterocycles. The minimum absolute atomic E-state index is 0.192. The van der Waals surface area contributed by atoms with Crippen LogP contribution in [0.2, 0.25) is 5.02 Å². The van der Waals surface area contributed by atoms with Crippen molar-refractivity contribution in [2.24, 2.45) is 10.7 Å². The van der Waals surface area contributed by atoms with Crippen molar-refractivity contribution in [1.29, 1.82) is 0 Å². The van der Waals surface area contributed by atoms with Crippen molar-refractivity contribution in [2.75, 3.05) is 10.6 Å². The SMILES string of the molecule is NC(=Nc1ccc(-c2ccccc2)nn1)Nc1ccccc1Nc1nc(-c2ccccc2Cl)cs1. The number of nitrogens with two attached hydrogens (primary N) is 1. The predicted octanol–water partition coefficient (Wildman–Crippen LogP) is 6.72. The van der Waals surface area contributed by atoms with Gasteiger partial charge in [-0.15, -0.1) is 21.5 Å². The van der Waals surface area contributed by atoms with E-state index in [4.69, 9.17) is 17.3 Å². The molecule has 3 aromatic carbocycles. The summed E-state index contributed by atoms with van der Waals surface area (Å²) in [5, 5.41) is 18.2. The number of guanidine groups is 1. The molecule has 2 heterocycles. The molecule has 9 heteroatoms. The van der Waals surface area contributed by atoms with Crippen molar-refractivity contribution in [3.8, 4) is 22.5 Å². The standard InChI is InChI=1S/C26H20ClN7S/c27-19-11-5-4-10-18(19)23-16-35-26(31-23)30-22-13-7-6-12-21(22)29-25(28)32-24-15-14-20(33-34-24)17-8-2-1-3-9-17/h1-16H,(H,30,31)(H3,28,29,32,34). The Labute approximate surface area is 211 Å². The number of aromatic nitrogens is 3. The average Bonchev–Trinajstić information content (AvgIpc) is 3.35. The number of benzene rings is 3. The van der Waals surface area contributed by atoms with Gasteiger partial charge >= 0.3 is 0 Å². The molecule has 0 aliphatic heterocycles. The fourth-order valence-corrected chi connectivity index (χ4v) is 4.33. The first-order valence-electron chi connectivity index (χ1n) is 10.7. The summed E-state index contributed by atoms with van der Waals surface area (Å²) in [5.74, 6) is 0.598. The van der Waals surface area contributed by atoms with Crippen molar-refractivity contribution in [3.05, 3.63) is 101 Å². The number of para-hydroxylation sites is 2. The molecule has 7 nitrogen and oxygen atoms in total. The van der Waals surface area contributed by atoms with Crippen LogP contribution in [-0.4, -0.2) is 21.1 Å². The molecule has 0 saturated heterocycles. The fraction of sp³-hybridized carbons (Fsp3) is 0. The Morgan fingerprint density at radius 3 is 2.31 bits per heavy atom. The topological polar surface area (TPSA) is 101 Å². The lowest BCUT2D eigenvalue weighted by Crippen LogP contribution is -2.22. The molecule has 172 valence electrons. The third-order valence-corrected chi connectivity index (χ3v) is 6.13. The van der Waals surface area contributed by atoms with Crippen LogP contribution in [0.3, 0.4) is 0 Å². The first-order chi connectivity index (χ1) is 17.2. The summed E-state index contributed by atoms with van der Waals surface area (Å²) < 4.78 is 0. The molecule has 0 saturated carbocycles. The van der Waals surface area contributed by atoms with Gasteiger partial charge in [-0.1, -0.05) is 72.3 Å². The van der Waals surface area contributed by atoms with Gasteiger partial charge in [0.1, 0.15) is 0 Å². The second kappa shape index (κ2) is 10.3. The molecule has 0 spiro atoms. The number of nitrogens with one attached hydrogen (secondary N) is 2. The van der Waals surface area contributed by atoms with Gasteiger partial charge in [0, 0.05) is 21.5 Å². The van der Waals surface area contributed by atoms with E-state index in [-0.39, 0.29) is 5.96 Å². The van der Waals surface area contributed by atoms with Crippen LogP contribution in [0.4, 0.5) is 22.3 Å². The monoisotopic (exact) mass is 497 g/mol. The Morgan fingerprint density at radius 1 is 0.800 bits per heavy atom. The summed E-state index contributed by atoms with van der Waals surface area (Å²) in [6, 6.07) is 28.8. The van der Waals surface area contributed by atoms with E-state index in [1.54, 1.807) is 6.07 Å². The average molecular weight is 498 g/mol. The molecule has 5 aromatic rings. The highest BCUT2D eigenvalue weighted by atomic mass is 35.5. The molecule has 0 aliphatic rings. The number of thiazole rings is 1. The van der Waals surface area contributed by atoms with E-state index >= 15 is 0 Å². The van der Waals surface area contributed by atoms with Gasteiger partial charge in [0.15, 0.2) is 16.9 Å². The summed E-state index contributed by atoms with van der Waals surface area (Å²) in [5.41, 5.74) is 11.2. The third kappa shape index (κ3) is 5.46. The van der Waals surface area contributed by atoms with Gasteiger partial charge in [0.05, 0.1) is 22.8 Å². The molecule has 0 radical (unpaired) electrons. The van der Waals surface area contributed by atoms with E-state index in [1.807, 2.05) is 90.3 Å². The third-order valence-electron chi connectivity index (χ3n) is 5.04. The van der Waals surface area contributed by atoms with Gasteiger partial charge in [-0.2, -0.15) is 4.99 Å². The van der Waals surface area contributed by atoms with Gasteiger partial charge in [-0.05, 0) is 30.3 Å². The molecule has 0 amide bonds. The Hall–Kier alpha value is -4.27. The van der Waals surface area contributed by atoms with Gasteiger partial charge in [0.25, 0.3) is 0 Å². The molecule has 0 atom stereocenters. The van der Waals surface area contributed by atoms with Crippen LogP contribution < -0.4 is 16.4 Å². The highest BCUT2D eigenvalue weighted by Crippen LogP contribution is 2.33. The maximum absolute atomic E-state index is 6.31. The molecule has 4 N–H and O–H groups in total. The molecule has 0 unspecified atom stereocenters. The van der Waals surface area contributed by atoms with E-state index in [9.17, 15) is 0 Å². The van der Waals surface area contributed by atoms with Crippen molar-refractivity contribution in [1.82, 2.24) is 15.2 Å². The van der Waals surface area contributed by atoms with Gasteiger partial charge in [0.2, 0.25) is 0 Å². The molecule has 0 bridgehead atoms. The number of rotatable bonds is 6. The van der Waals surface area contributed by atoms with Crippen molar-refractivity contribution < 1.29 is 0 Å². The van der Waals surface area contributed by atoms with Crippen LogP contribution in [0.15, 0.2) is 101 Å². The Kier molecular flexibility index (Phi) is 6.65. The number of nitrogens with zero attached hydrogens (tertiary/aromatic N) is 4. The largest absolute Gasteiger partial charge is 0.369 e. The summed E-state index contributed by atoms with van der Waals surface area (Å²) in [4.78, 5) is 9.02.